The lowest BCUT2D eigenvalue weighted by Gasteiger charge is -2.21. The van der Waals surface area contributed by atoms with Crippen LogP contribution in [-0.4, -0.2) is 18.5 Å². The molecule has 0 nitrogen and oxygen atoms in total. The third kappa shape index (κ3) is 7.01. The second-order valence-corrected chi connectivity index (χ2v) is 10.1. The minimum atomic E-state index is -0.936. The van der Waals surface area contributed by atoms with Crippen molar-refractivity contribution in [3.05, 3.63) is 0 Å². The molecule has 0 radical (unpaired) electrons. The second kappa shape index (κ2) is 8.92. The van der Waals surface area contributed by atoms with Gasteiger partial charge in [-0.1, -0.05) is 51.8 Å². The van der Waals surface area contributed by atoms with E-state index < -0.39 is 6.04 Å². The van der Waals surface area contributed by atoms with Crippen LogP contribution < -0.4 is 0 Å². The summed E-state index contributed by atoms with van der Waals surface area (Å²) in [6.45, 7) is 6.83. The summed E-state index contributed by atoms with van der Waals surface area (Å²) in [4.78, 5) is 0. The van der Waals surface area contributed by atoms with Crippen molar-refractivity contribution in [1.29, 1.82) is 0 Å². The van der Waals surface area contributed by atoms with E-state index in [4.69, 9.17) is 11.8 Å². The average Bonchev–Trinajstić information content (AvgIpc) is 2.21. The third-order valence-electron chi connectivity index (χ3n) is 2.76. The molecular formula is C12H27PS. The zero-order valence-electron chi connectivity index (χ0n) is 10.2. The fourth-order valence-corrected chi connectivity index (χ4v) is 6.18. The van der Waals surface area contributed by atoms with Crippen molar-refractivity contribution < 1.29 is 0 Å². The topological polar surface area (TPSA) is 0 Å². The van der Waals surface area contributed by atoms with Gasteiger partial charge in [-0.2, -0.15) is 0 Å². The van der Waals surface area contributed by atoms with Crippen LogP contribution in [0.15, 0.2) is 0 Å². The Kier molecular flexibility index (Phi) is 9.33. The van der Waals surface area contributed by atoms with Crippen molar-refractivity contribution in [3.8, 4) is 0 Å². The number of rotatable bonds is 9. The summed E-state index contributed by atoms with van der Waals surface area (Å²) in [5.41, 5.74) is 0. The smallest absolute Gasteiger partial charge is 0.0235 e. The molecule has 0 unspecified atom stereocenters. The van der Waals surface area contributed by atoms with Crippen molar-refractivity contribution >= 4 is 17.8 Å². The van der Waals surface area contributed by atoms with Crippen molar-refractivity contribution in [1.82, 2.24) is 0 Å². The van der Waals surface area contributed by atoms with E-state index in [0.717, 1.165) is 0 Å². The Balaban J connectivity index is 3.97. The normalized spacial score (nSPS) is 11.9. The van der Waals surface area contributed by atoms with E-state index >= 15 is 0 Å². The molecule has 0 aliphatic carbocycles. The minimum Gasteiger partial charge on any atom is -0.0975 e. The van der Waals surface area contributed by atoms with Gasteiger partial charge in [-0.15, -0.1) is 0 Å². The highest BCUT2D eigenvalue weighted by Crippen LogP contribution is 2.48. The predicted molar refractivity (Wildman–Crippen MR) is 73.6 cm³/mol. The molecule has 0 aliphatic heterocycles. The van der Waals surface area contributed by atoms with Gasteiger partial charge in [-0.3, -0.25) is 0 Å². The average molecular weight is 234 g/mol. The van der Waals surface area contributed by atoms with Gasteiger partial charge in [0.15, 0.2) is 0 Å². The van der Waals surface area contributed by atoms with E-state index in [2.05, 4.69) is 20.8 Å². The lowest BCUT2D eigenvalue weighted by Crippen LogP contribution is -2.00. The van der Waals surface area contributed by atoms with Gasteiger partial charge in [0, 0.05) is 0 Å². The van der Waals surface area contributed by atoms with Crippen LogP contribution in [-0.2, 0) is 11.8 Å². The summed E-state index contributed by atoms with van der Waals surface area (Å²) in [5, 5.41) is 0. The van der Waals surface area contributed by atoms with E-state index in [-0.39, 0.29) is 0 Å². The summed E-state index contributed by atoms with van der Waals surface area (Å²) in [5.74, 6) is 0. The summed E-state index contributed by atoms with van der Waals surface area (Å²) < 4.78 is 0. The summed E-state index contributed by atoms with van der Waals surface area (Å²) >= 11 is 5.91. The van der Waals surface area contributed by atoms with Crippen LogP contribution in [0.4, 0.5) is 0 Å². The van der Waals surface area contributed by atoms with Gasteiger partial charge < -0.3 is 0 Å². The highest BCUT2D eigenvalue weighted by atomic mass is 32.4. The molecule has 2 heteroatoms. The van der Waals surface area contributed by atoms with Gasteiger partial charge in [0.05, 0.1) is 0 Å². The maximum absolute atomic E-state index is 5.91. The van der Waals surface area contributed by atoms with Crippen LogP contribution in [0.25, 0.3) is 0 Å². The second-order valence-electron chi connectivity index (χ2n) is 4.29. The Hall–Kier alpha value is 0.650. The first-order chi connectivity index (χ1) is 6.68. The van der Waals surface area contributed by atoms with Crippen molar-refractivity contribution in [2.24, 2.45) is 0 Å². The Morgan fingerprint density at radius 2 is 1.00 bits per heavy atom. The van der Waals surface area contributed by atoms with E-state index in [1.54, 1.807) is 0 Å². The van der Waals surface area contributed by atoms with Crippen LogP contribution in [0.2, 0.25) is 0 Å². The summed E-state index contributed by atoms with van der Waals surface area (Å²) in [6, 6.07) is -0.936. The predicted octanol–water partition coefficient (Wildman–Crippen LogP) is 4.87. The molecule has 86 valence electrons. The standard InChI is InChI=1S/C12H27PS/c1-4-7-10-13(14,11-8-5-2)12-9-6-3/h4-12H2,1-3H3. The van der Waals surface area contributed by atoms with E-state index in [0.29, 0.717) is 0 Å². The molecule has 0 fully saturated rings. The zero-order valence-corrected chi connectivity index (χ0v) is 11.9. The van der Waals surface area contributed by atoms with Crippen LogP contribution in [0.5, 0.6) is 0 Å². The van der Waals surface area contributed by atoms with E-state index in [9.17, 15) is 0 Å². The molecule has 0 saturated heterocycles. The van der Waals surface area contributed by atoms with Crippen LogP contribution in [0.3, 0.4) is 0 Å². The largest absolute Gasteiger partial charge is 0.0975 e. The van der Waals surface area contributed by atoms with Crippen molar-refractivity contribution in [2.45, 2.75) is 59.3 Å². The SMILES string of the molecule is CCCCP(=S)(CCCC)CCCC. The molecule has 0 aromatic carbocycles. The van der Waals surface area contributed by atoms with E-state index in [1.165, 1.54) is 57.0 Å². The molecule has 0 aromatic rings. The fraction of sp³-hybridized carbons (Fsp3) is 1.00. The lowest BCUT2D eigenvalue weighted by atomic mass is 10.4. The minimum absolute atomic E-state index is 0.936. The maximum Gasteiger partial charge on any atom is -0.0235 e. The first-order valence-electron chi connectivity index (χ1n) is 6.25. The molecule has 0 spiro atoms. The van der Waals surface area contributed by atoms with Crippen LogP contribution in [0, 0.1) is 0 Å². The zero-order chi connectivity index (χ0) is 10.9. The Morgan fingerprint density at radius 1 is 0.714 bits per heavy atom. The molecule has 14 heavy (non-hydrogen) atoms. The van der Waals surface area contributed by atoms with Crippen molar-refractivity contribution in [2.75, 3.05) is 18.5 Å². The molecule has 0 bridgehead atoms. The monoisotopic (exact) mass is 234 g/mol. The van der Waals surface area contributed by atoms with Crippen LogP contribution in [0.1, 0.15) is 59.3 Å². The highest BCUT2D eigenvalue weighted by Gasteiger charge is 2.14. The first kappa shape index (κ1) is 14.6. The lowest BCUT2D eigenvalue weighted by molar-refractivity contribution is 0.846. The molecule has 0 aliphatic rings. The molecule has 0 N–H and O–H groups in total. The van der Waals surface area contributed by atoms with Gasteiger partial charge >= 0.3 is 0 Å². The maximum atomic E-state index is 5.91. The Morgan fingerprint density at radius 3 is 1.21 bits per heavy atom. The first-order valence-corrected chi connectivity index (χ1v) is 9.61. The van der Waals surface area contributed by atoms with E-state index in [1.807, 2.05) is 0 Å². The Bertz CT molecular complexity index is 137. The van der Waals surface area contributed by atoms with Gasteiger partial charge in [0.1, 0.15) is 0 Å². The molecule has 0 heterocycles. The van der Waals surface area contributed by atoms with Gasteiger partial charge in [-0.05, 0) is 43.8 Å². The number of hydrogen-bond acceptors (Lipinski definition) is 1. The molecule has 0 atom stereocenters. The van der Waals surface area contributed by atoms with Crippen molar-refractivity contribution in [3.63, 3.8) is 0 Å². The molecular weight excluding hydrogens is 207 g/mol. The fourth-order valence-electron chi connectivity index (χ4n) is 1.67. The molecule has 0 rings (SSSR count). The Labute approximate surface area is 95.9 Å². The van der Waals surface area contributed by atoms with Gasteiger partial charge in [0.25, 0.3) is 0 Å². The molecule has 0 saturated carbocycles. The van der Waals surface area contributed by atoms with Gasteiger partial charge in [-0.25, -0.2) is 0 Å². The molecule has 0 aromatic heterocycles. The summed E-state index contributed by atoms with van der Waals surface area (Å²) in [6.07, 6.45) is 12.2. The molecule has 0 amide bonds. The van der Waals surface area contributed by atoms with Crippen LogP contribution >= 0.6 is 6.04 Å². The number of hydrogen-bond donors (Lipinski definition) is 0. The quantitative estimate of drug-likeness (QED) is 0.513. The third-order valence-corrected chi connectivity index (χ3v) is 7.79. The summed E-state index contributed by atoms with van der Waals surface area (Å²) in [7, 11) is 0. The highest BCUT2D eigenvalue weighted by molar-refractivity contribution is 8.14. The van der Waals surface area contributed by atoms with Gasteiger partial charge in [0.2, 0.25) is 0 Å². The number of unbranched alkanes of at least 4 members (excludes halogenated alkanes) is 3.